The molecule has 0 aromatic heterocycles. The molecule has 158 valence electrons. The number of hydrogen-bond acceptors (Lipinski definition) is 4. The van der Waals surface area contributed by atoms with Crippen LogP contribution >= 0.6 is 0 Å². The van der Waals surface area contributed by atoms with Crippen LogP contribution in [0.2, 0.25) is 0 Å². The van der Waals surface area contributed by atoms with Crippen molar-refractivity contribution in [2.75, 3.05) is 12.8 Å². The molecule has 0 atom stereocenters. The summed E-state index contributed by atoms with van der Waals surface area (Å²) in [7, 11) is -3.65. The molecule has 0 aliphatic rings. The normalized spacial score (nSPS) is 12.1. The molecule has 0 saturated carbocycles. The molecule has 2 rings (SSSR count). The molecule has 2 aromatic rings. The fraction of sp³-hybridized carbons (Fsp3) is 0.350. The van der Waals surface area contributed by atoms with E-state index in [9.17, 15) is 26.4 Å². The van der Waals surface area contributed by atoms with Crippen molar-refractivity contribution >= 4 is 16.0 Å². The third kappa shape index (κ3) is 7.08. The first-order chi connectivity index (χ1) is 13.3. The van der Waals surface area contributed by atoms with Crippen molar-refractivity contribution in [2.45, 2.75) is 26.6 Å². The van der Waals surface area contributed by atoms with Gasteiger partial charge < -0.3 is 9.08 Å². The van der Waals surface area contributed by atoms with Crippen LogP contribution in [0.3, 0.4) is 0 Å². The summed E-state index contributed by atoms with van der Waals surface area (Å²) in [5.41, 5.74) is -0.237. The average molecular weight is 429 g/mol. The first-order valence-electron chi connectivity index (χ1n) is 8.80. The van der Waals surface area contributed by atoms with Gasteiger partial charge in [0.25, 0.3) is 5.91 Å². The maximum absolute atomic E-state index is 13.0. The second kappa shape index (κ2) is 8.86. The molecule has 0 N–H and O–H groups in total. The quantitative estimate of drug-likeness (QED) is 0.614. The third-order valence-electron chi connectivity index (χ3n) is 3.85. The van der Waals surface area contributed by atoms with E-state index >= 15 is 0 Å². The standard InChI is InChI=1S/C20H22F3NO4S/c1-14(2)12-24(13-15-7-9-18(10-8-15)28-29(3,26)27)19(25)16-5-4-6-17(11-16)20(21,22)23/h4-11,14H,12-13H2,1-3H3. The van der Waals surface area contributed by atoms with E-state index in [1.807, 2.05) is 13.8 Å². The van der Waals surface area contributed by atoms with E-state index in [0.29, 0.717) is 12.1 Å². The predicted molar refractivity (Wildman–Crippen MR) is 103 cm³/mol. The number of amides is 1. The number of rotatable bonds is 7. The number of alkyl halides is 3. The minimum atomic E-state index is -4.53. The Morgan fingerprint density at radius 2 is 1.72 bits per heavy atom. The molecular formula is C20H22F3NO4S. The molecule has 2 aromatic carbocycles. The van der Waals surface area contributed by atoms with E-state index in [1.54, 1.807) is 12.1 Å². The smallest absolute Gasteiger partial charge is 0.383 e. The highest BCUT2D eigenvalue weighted by molar-refractivity contribution is 7.86. The molecule has 0 bridgehead atoms. The van der Waals surface area contributed by atoms with Crippen LogP contribution in [0.25, 0.3) is 0 Å². The van der Waals surface area contributed by atoms with Crippen molar-refractivity contribution in [1.29, 1.82) is 0 Å². The van der Waals surface area contributed by atoms with E-state index in [2.05, 4.69) is 0 Å². The lowest BCUT2D eigenvalue weighted by Crippen LogP contribution is -2.34. The first-order valence-corrected chi connectivity index (χ1v) is 10.6. The first kappa shape index (κ1) is 22.7. The number of carbonyl (C=O) groups excluding carboxylic acids is 1. The largest absolute Gasteiger partial charge is 0.416 e. The topological polar surface area (TPSA) is 63.7 Å². The molecule has 0 spiro atoms. The lowest BCUT2D eigenvalue weighted by molar-refractivity contribution is -0.137. The summed E-state index contributed by atoms with van der Waals surface area (Å²) in [4.78, 5) is 14.3. The van der Waals surface area contributed by atoms with Gasteiger partial charge in [0.05, 0.1) is 11.8 Å². The maximum atomic E-state index is 13.0. The highest BCUT2D eigenvalue weighted by Gasteiger charge is 2.31. The van der Waals surface area contributed by atoms with Crippen molar-refractivity contribution < 1.29 is 30.6 Å². The Hall–Kier alpha value is -2.55. The van der Waals surface area contributed by atoms with Crippen LogP contribution in [0, 0.1) is 5.92 Å². The fourth-order valence-corrected chi connectivity index (χ4v) is 3.18. The molecule has 0 heterocycles. The van der Waals surface area contributed by atoms with Crippen molar-refractivity contribution in [2.24, 2.45) is 5.92 Å². The number of nitrogens with zero attached hydrogens (tertiary/aromatic N) is 1. The van der Waals surface area contributed by atoms with Gasteiger partial charge in [-0.3, -0.25) is 4.79 Å². The van der Waals surface area contributed by atoms with Gasteiger partial charge in [-0.05, 0) is 41.8 Å². The van der Waals surface area contributed by atoms with Gasteiger partial charge in [-0.1, -0.05) is 32.0 Å². The Kier molecular flexibility index (Phi) is 6.94. The predicted octanol–water partition coefficient (Wildman–Crippen LogP) is 4.34. The summed E-state index contributed by atoms with van der Waals surface area (Å²) in [5, 5.41) is 0. The summed E-state index contributed by atoms with van der Waals surface area (Å²) >= 11 is 0. The van der Waals surface area contributed by atoms with Gasteiger partial charge in [0.2, 0.25) is 0 Å². The molecule has 1 amide bonds. The zero-order valence-corrected chi connectivity index (χ0v) is 17.0. The molecule has 0 fully saturated rings. The molecule has 5 nitrogen and oxygen atoms in total. The monoisotopic (exact) mass is 429 g/mol. The summed E-state index contributed by atoms with van der Waals surface area (Å²) in [6.07, 6.45) is -3.60. The molecule has 29 heavy (non-hydrogen) atoms. The highest BCUT2D eigenvalue weighted by Crippen LogP contribution is 2.30. The molecule has 0 saturated heterocycles. The van der Waals surface area contributed by atoms with Gasteiger partial charge in [-0.15, -0.1) is 0 Å². The minimum Gasteiger partial charge on any atom is -0.383 e. The van der Waals surface area contributed by atoms with Crippen LogP contribution in [-0.4, -0.2) is 32.0 Å². The Balaban J connectivity index is 2.24. The third-order valence-corrected chi connectivity index (χ3v) is 4.35. The van der Waals surface area contributed by atoms with Crippen molar-refractivity contribution in [3.8, 4) is 5.75 Å². The van der Waals surface area contributed by atoms with Gasteiger partial charge in [-0.2, -0.15) is 21.6 Å². The Morgan fingerprint density at radius 3 is 2.24 bits per heavy atom. The van der Waals surface area contributed by atoms with Crippen LogP contribution < -0.4 is 4.18 Å². The van der Waals surface area contributed by atoms with Crippen LogP contribution in [0.5, 0.6) is 5.75 Å². The number of benzene rings is 2. The van der Waals surface area contributed by atoms with Gasteiger partial charge in [0.15, 0.2) is 0 Å². The molecule has 0 aliphatic heterocycles. The number of hydrogen-bond donors (Lipinski definition) is 0. The molecule has 0 unspecified atom stereocenters. The second-order valence-corrected chi connectivity index (χ2v) is 8.66. The van der Waals surface area contributed by atoms with Crippen LogP contribution in [-0.2, 0) is 22.8 Å². The molecule has 0 radical (unpaired) electrons. The Labute approximate surface area is 168 Å². The Morgan fingerprint density at radius 1 is 1.10 bits per heavy atom. The summed E-state index contributed by atoms with van der Waals surface area (Å²) < 4.78 is 66.0. The maximum Gasteiger partial charge on any atom is 0.416 e. The van der Waals surface area contributed by atoms with E-state index in [4.69, 9.17) is 4.18 Å². The van der Waals surface area contributed by atoms with E-state index in [0.717, 1.165) is 18.4 Å². The molecule has 9 heteroatoms. The van der Waals surface area contributed by atoms with Gasteiger partial charge >= 0.3 is 16.3 Å². The molecule has 0 aliphatic carbocycles. The number of carbonyl (C=O) groups is 1. The molecular weight excluding hydrogens is 407 g/mol. The van der Waals surface area contributed by atoms with Crippen molar-refractivity contribution in [1.82, 2.24) is 4.90 Å². The lowest BCUT2D eigenvalue weighted by atomic mass is 10.1. The second-order valence-electron chi connectivity index (χ2n) is 7.09. The number of halogens is 3. The SMILES string of the molecule is CC(C)CN(Cc1ccc(OS(C)(=O)=O)cc1)C(=O)c1cccc(C(F)(F)F)c1. The van der Waals surface area contributed by atoms with E-state index in [-0.39, 0.29) is 23.8 Å². The summed E-state index contributed by atoms with van der Waals surface area (Å²) in [5.74, 6) is -0.283. The average Bonchev–Trinajstić information content (AvgIpc) is 2.60. The summed E-state index contributed by atoms with van der Waals surface area (Å²) in [6, 6.07) is 10.5. The Bertz CT molecular complexity index is 954. The van der Waals surface area contributed by atoms with Gasteiger partial charge in [0, 0.05) is 18.7 Å². The van der Waals surface area contributed by atoms with Crippen molar-refractivity contribution in [3.05, 3.63) is 65.2 Å². The van der Waals surface area contributed by atoms with Gasteiger partial charge in [0.1, 0.15) is 5.75 Å². The van der Waals surface area contributed by atoms with E-state index < -0.39 is 27.8 Å². The van der Waals surface area contributed by atoms with E-state index in [1.165, 1.54) is 29.2 Å². The minimum absolute atomic E-state index is 0.0440. The van der Waals surface area contributed by atoms with Crippen molar-refractivity contribution in [3.63, 3.8) is 0 Å². The van der Waals surface area contributed by atoms with Crippen LogP contribution in [0.4, 0.5) is 13.2 Å². The lowest BCUT2D eigenvalue weighted by Gasteiger charge is -2.25. The fourth-order valence-electron chi connectivity index (χ4n) is 2.72. The highest BCUT2D eigenvalue weighted by atomic mass is 32.2. The van der Waals surface area contributed by atoms with Gasteiger partial charge in [-0.25, -0.2) is 0 Å². The van der Waals surface area contributed by atoms with Crippen LogP contribution in [0.1, 0.15) is 35.3 Å². The summed E-state index contributed by atoms with van der Waals surface area (Å²) in [6.45, 7) is 4.30. The van der Waals surface area contributed by atoms with Crippen LogP contribution in [0.15, 0.2) is 48.5 Å². The zero-order valence-electron chi connectivity index (χ0n) is 16.2. The zero-order chi connectivity index (χ0) is 21.8.